The van der Waals surface area contributed by atoms with Gasteiger partial charge in [-0.3, -0.25) is 0 Å². The number of ether oxygens (including phenoxy) is 4. The second-order valence-corrected chi connectivity index (χ2v) is 10.2. The van der Waals surface area contributed by atoms with Gasteiger partial charge in [0.05, 0.1) is 10.9 Å². The van der Waals surface area contributed by atoms with Crippen LogP contribution in [0.25, 0.3) is 0 Å². The Balaban J connectivity index is 1.33. The summed E-state index contributed by atoms with van der Waals surface area (Å²) in [4.78, 5) is 12.5. The molecule has 0 saturated heterocycles. The van der Waals surface area contributed by atoms with Gasteiger partial charge in [0.25, 0.3) is 0 Å². The molecule has 0 amide bonds. The van der Waals surface area contributed by atoms with Crippen LogP contribution in [0, 0.1) is 18.3 Å². The minimum Gasteiger partial charge on any atom is -0.489 e. The Morgan fingerprint density at radius 1 is 0.976 bits per heavy atom. The van der Waals surface area contributed by atoms with E-state index in [2.05, 4.69) is 6.07 Å². The first kappa shape index (κ1) is 27.9. The Bertz CT molecular complexity index is 1680. The SMILES string of the molecule is Cc1ccc(COc2cccc(C3C(C#N)=C(N)Oc4cc(OC(=O)COc5ccc(Cl)cc5Cl)ccc43)c2)cc1. The molecule has 0 fully saturated rings. The third kappa shape index (κ3) is 6.58. The molecule has 5 rings (SSSR count). The topological polar surface area (TPSA) is 104 Å². The lowest BCUT2D eigenvalue weighted by Crippen LogP contribution is -2.21. The van der Waals surface area contributed by atoms with Crippen LogP contribution in [0.15, 0.2) is 96.4 Å². The summed E-state index contributed by atoms with van der Waals surface area (Å²) in [6.45, 7) is 2.06. The summed E-state index contributed by atoms with van der Waals surface area (Å²) in [7, 11) is 0. The van der Waals surface area contributed by atoms with Crippen molar-refractivity contribution < 1.29 is 23.7 Å². The van der Waals surface area contributed by atoms with Gasteiger partial charge in [-0.2, -0.15) is 5.26 Å². The van der Waals surface area contributed by atoms with Gasteiger partial charge in [0.1, 0.15) is 41.2 Å². The van der Waals surface area contributed by atoms with Crippen LogP contribution < -0.4 is 24.7 Å². The van der Waals surface area contributed by atoms with Crippen LogP contribution in [0.2, 0.25) is 10.0 Å². The maximum Gasteiger partial charge on any atom is 0.349 e. The number of nitrogens with zero attached hydrogens (tertiary/aromatic N) is 1. The van der Waals surface area contributed by atoms with Crippen molar-refractivity contribution in [3.8, 4) is 29.1 Å². The van der Waals surface area contributed by atoms with Crippen molar-refractivity contribution in [1.82, 2.24) is 0 Å². The summed E-state index contributed by atoms with van der Waals surface area (Å²) in [5.74, 6) is 0.357. The predicted octanol–water partition coefficient (Wildman–Crippen LogP) is 7.08. The van der Waals surface area contributed by atoms with Gasteiger partial charge in [0.15, 0.2) is 6.61 Å². The number of rotatable bonds is 8. The lowest BCUT2D eigenvalue weighted by Gasteiger charge is -2.27. The number of hydrogen-bond donors (Lipinski definition) is 1. The molecule has 0 bridgehead atoms. The molecule has 206 valence electrons. The number of allylic oxidation sites excluding steroid dienone is 1. The number of nitriles is 1. The second-order valence-electron chi connectivity index (χ2n) is 9.31. The van der Waals surface area contributed by atoms with Gasteiger partial charge in [0.2, 0.25) is 5.88 Å². The largest absolute Gasteiger partial charge is 0.489 e. The van der Waals surface area contributed by atoms with Crippen molar-refractivity contribution in [3.63, 3.8) is 0 Å². The van der Waals surface area contributed by atoms with Crippen LogP contribution in [-0.2, 0) is 11.4 Å². The standard InChI is InChI=1S/C32H24Cl2N2O5/c1-19-5-7-20(8-6-19)17-38-23-4-2-3-21(13-23)31-25-11-10-24(15-29(25)41-32(36)26(31)16-35)40-30(37)18-39-28-12-9-22(33)14-27(28)34/h2-15,31H,17-18,36H2,1H3. The van der Waals surface area contributed by atoms with Crippen molar-refractivity contribution in [2.45, 2.75) is 19.4 Å². The first-order valence-electron chi connectivity index (χ1n) is 12.6. The van der Waals surface area contributed by atoms with Crippen molar-refractivity contribution in [2.75, 3.05) is 6.61 Å². The number of carbonyl (C=O) groups is 1. The van der Waals surface area contributed by atoms with E-state index in [1.165, 1.54) is 11.6 Å². The molecule has 41 heavy (non-hydrogen) atoms. The predicted molar refractivity (Wildman–Crippen MR) is 155 cm³/mol. The highest BCUT2D eigenvalue weighted by molar-refractivity contribution is 6.35. The normalized spacial score (nSPS) is 14.0. The van der Waals surface area contributed by atoms with Crippen LogP contribution in [0.3, 0.4) is 0 Å². The molecule has 1 aliphatic heterocycles. The van der Waals surface area contributed by atoms with Crippen molar-refractivity contribution in [3.05, 3.63) is 129 Å². The summed E-state index contributed by atoms with van der Waals surface area (Å²) in [6.07, 6.45) is 0. The Hall–Kier alpha value is -4.64. The molecule has 0 spiro atoms. The van der Waals surface area contributed by atoms with Crippen molar-refractivity contribution in [2.24, 2.45) is 5.73 Å². The van der Waals surface area contributed by atoms with Crippen molar-refractivity contribution >= 4 is 29.2 Å². The minimum atomic E-state index is -0.650. The summed E-state index contributed by atoms with van der Waals surface area (Å²) in [5.41, 5.74) is 10.1. The quantitative estimate of drug-likeness (QED) is 0.174. The fourth-order valence-corrected chi connectivity index (χ4v) is 4.83. The highest BCUT2D eigenvalue weighted by Crippen LogP contribution is 2.44. The van der Waals surface area contributed by atoms with Gasteiger partial charge in [-0.05, 0) is 54.4 Å². The summed E-state index contributed by atoms with van der Waals surface area (Å²) in [6, 6.07) is 27.4. The maximum absolute atomic E-state index is 12.5. The molecule has 1 unspecified atom stereocenters. The Morgan fingerprint density at radius 2 is 1.78 bits per heavy atom. The van der Waals surface area contributed by atoms with Gasteiger partial charge >= 0.3 is 5.97 Å². The Morgan fingerprint density at radius 3 is 2.54 bits per heavy atom. The van der Waals surface area contributed by atoms with Gasteiger partial charge in [-0.25, -0.2) is 4.79 Å². The average molecular weight is 587 g/mol. The number of carbonyl (C=O) groups excluding carboxylic acids is 1. The van der Waals surface area contributed by atoms with E-state index in [0.29, 0.717) is 34.4 Å². The molecule has 0 aromatic heterocycles. The van der Waals surface area contributed by atoms with E-state index < -0.39 is 11.9 Å². The Kier molecular flexibility index (Phi) is 8.34. The summed E-state index contributed by atoms with van der Waals surface area (Å²) >= 11 is 12.0. The van der Waals surface area contributed by atoms with Crippen LogP contribution in [0.1, 0.15) is 28.2 Å². The fourth-order valence-electron chi connectivity index (χ4n) is 4.37. The van der Waals surface area contributed by atoms with E-state index in [9.17, 15) is 10.1 Å². The summed E-state index contributed by atoms with van der Waals surface area (Å²) < 4.78 is 22.7. The number of fused-ring (bicyclic) bond motifs is 1. The maximum atomic E-state index is 12.5. The zero-order valence-electron chi connectivity index (χ0n) is 21.9. The number of esters is 1. The lowest BCUT2D eigenvalue weighted by molar-refractivity contribution is -0.136. The molecule has 4 aromatic carbocycles. The summed E-state index contributed by atoms with van der Waals surface area (Å²) in [5, 5.41) is 10.7. The monoisotopic (exact) mass is 586 g/mol. The van der Waals surface area contributed by atoms with E-state index in [1.807, 2.05) is 55.5 Å². The van der Waals surface area contributed by atoms with Crippen LogP contribution in [0.5, 0.6) is 23.0 Å². The van der Waals surface area contributed by atoms with E-state index in [0.717, 1.165) is 11.1 Å². The van der Waals surface area contributed by atoms with Gasteiger partial charge in [-0.1, -0.05) is 71.2 Å². The molecule has 0 aliphatic carbocycles. The van der Waals surface area contributed by atoms with E-state index in [1.54, 1.807) is 30.3 Å². The minimum absolute atomic E-state index is 0.0276. The number of benzene rings is 4. The average Bonchev–Trinajstić information content (AvgIpc) is 2.96. The van der Waals surface area contributed by atoms with Gasteiger partial charge in [0, 0.05) is 16.7 Å². The zero-order valence-corrected chi connectivity index (χ0v) is 23.4. The molecule has 4 aromatic rings. The third-order valence-electron chi connectivity index (χ3n) is 6.38. The van der Waals surface area contributed by atoms with E-state index in [4.69, 9.17) is 47.9 Å². The molecule has 1 aliphatic rings. The number of halogens is 2. The van der Waals surface area contributed by atoms with Crippen LogP contribution >= 0.6 is 23.2 Å². The van der Waals surface area contributed by atoms with E-state index >= 15 is 0 Å². The lowest BCUT2D eigenvalue weighted by atomic mass is 9.83. The molecule has 9 heteroatoms. The number of nitrogens with two attached hydrogens (primary N) is 1. The molecular weight excluding hydrogens is 563 g/mol. The van der Waals surface area contributed by atoms with Crippen LogP contribution in [0.4, 0.5) is 0 Å². The van der Waals surface area contributed by atoms with E-state index in [-0.39, 0.29) is 28.8 Å². The fraction of sp³-hybridized carbons (Fsp3) is 0.125. The molecule has 7 nitrogen and oxygen atoms in total. The Labute approximate surface area is 247 Å². The number of hydrogen-bond acceptors (Lipinski definition) is 7. The van der Waals surface area contributed by atoms with Gasteiger partial charge in [-0.15, -0.1) is 0 Å². The molecule has 0 saturated carbocycles. The van der Waals surface area contributed by atoms with Crippen LogP contribution in [-0.4, -0.2) is 12.6 Å². The first-order chi connectivity index (χ1) is 19.8. The van der Waals surface area contributed by atoms with Gasteiger partial charge < -0.3 is 24.7 Å². The molecule has 2 N–H and O–H groups in total. The molecule has 1 heterocycles. The second kappa shape index (κ2) is 12.3. The molecular formula is C32H24Cl2N2O5. The number of aryl methyl sites for hydroxylation is 1. The molecule has 0 radical (unpaired) electrons. The molecule has 1 atom stereocenters. The first-order valence-corrected chi connectivity index (χ1v) is 13.3. The zero-order chi connectivity index (χ0) is 28.9. The van der Waals surface area contributed by atoms with Crippen molar-refractivity contribution in [1.29, 1.82) is 5.26 Å². The smallest absolute Gasteiger partial charge is 0.349 e. The highest BCUT2D eigenvalue weighted by Gasteiger charge is 2.31. The highest BCUT2D eigenvalue weighted by atomic mass is 35.5. The third-order valence-corrected chi connectivity index (χ3v) is 6.91.